The van der Waals surface area contributed by atoms with Gasteiger partial charge in [-0.2, -0.15) is 0 Å². The molecule has 4 nitrogen and oxygen atoms in total. The Morgan fingerprint density at radius 3 is 2.00 bits per heavy atom. The summed E-state index contributed by atoms with van der Waals surface area (Å²) in [6, 6.07) is 16.7. The number of aliphatic hydroxyl groups excluding tert-OH is 1. The molecule has 5 heteroatoms. The number of hydrogen-bond acceptors (Lipinski definition) is 4. The molecule has 0 atom stereocenters. The van der Waals surface area contributed by atoms with Crippen LogP contribution in [0.3, 0.4) is 0 Å². The summed E-state index contributed by atoms with van der Waals surface area (Å²) in [4.78, 5) is 21.5. The number of rotatable bonds is 8. The van der Waals surface area contributed by atoms with Crippen LogP contribution in [-0.2, 0) is 30.3 Å². The molecule has 4 rings (SSSR count). The van der Waals surface area contributed by atoms with Crippen molar-refractivity contribution in [1.82, 2.24) is 9.97 Å². The van der Waals surface area contributed by atoms with Crippen LogP contribution in [0.2, 0.25) is 0 Å². The van der Waals surface area contributed by atoms with Gasteiger partial charge in [-0.15, -0.1) is 34.9 Å². The first kappa shape index (κ1) is 38.3. The second-order valence-electron chi connectivity index (χ2n) is 14.0. The van der Waals surface area contributed by atoms with Crippen molar-refractivity contribution in [2.24, 2.45) is 10.8 Å². The molecule has 45 heavy (non-hydrogen) atoms. The molecule has 245 valence electrons. The molecule has 0 unspecified atom stereocenters. The number of fused-ring (bicyclic) bond motifs is 3. The summed E-state index contributed by atoms with van der Waals surface area (Å²) < 4.78 is 0. The zero-order valence-electron chi connectivity index (χ0n) is 29.5. The van der Waals surface area contributed by atoms with Gasteiger partial charge in [-0.1, -0.05) is 99.1 Å². The summed E-state index contributed by atoms with van der Waals surface area (Å²) in [5.41, 5.74) is 7.45. The first-order valence-electron chi connectivity index (χ1n) is 16.2. The van der Waals surface area contributed by atoms with Crippen molar-refractivity contribution in [2.45, 2.75) is 114 Å². The van der Waals surface area contributed by atoms with E-state index in [1.165, 1.54) is 33.5 Å². The Morgan fingerprint density at radius 2 is 1.44 bits per heavy atom. The summed E-state index contributed by atoms with van der Waals surface area (Å²) in [7, 11) is 0. The van der Waals surface area contributed by atoms with Gasteiger partial charge in [-0.3, -0.25) is 9.78 Å². The standard InChI is InChI=1S/C25H25N2.C15H28O2.Ir/c1-15-9-17(3)22-18(10-15)7-8-21-23(26-14-27-24(21)22)19-11-16(2)12-20(13-19)25(4,5)6;1-7-14(5,8-2)12(16)11-13(17)15(6,9-3)10-4;/h7-10,12-14H,1-6H3;11,16H,7-10H2,1-6H3;/q-1;;/b;12-11-;. The molecule has 4 aromatic rings. The molecule has 0 bridgehead atoms. The van der Waals surface area contributed by atoms with E-state index in [-0.39, 0.29) is 47.9 Å². The van der Waals surface area contributed by atoms with E-state index >= 15 is 0 Å². The Balaban J connectivity index is 0.000000343. The van der Waals surface area contributed by atoms with Crippen LogP contribution >= 0.6 is 0 Å². The first-order chi connectivity index (χ1) is 20.5. The van der Waals surface area contributed by atoms with Gasteiger partial charge in [0.25, 0.3) is 0 Å². The molecule has 0 saturated heterocycles. The zero-order valence-corrected chi connectivity index (χ0v) is 31.9. The van der Waals surface area contributed by atoms with E-state index in [1.54, 1.807) is 6.33 Å². The van der Waals surface area contributed by atoms with Gasteiger partial charge in [0.2, 0.25) is 0 Å². The average Bonchev–Trinajstić information content (AvgIpc) is 2.98. The average molecular weight is 786 g/mol. The number of allylic oxidation sites excluding steroid dienone is 2. The molecule has 0 aliphatic rings. The molecule has 0 fully saturated rings. The molecule has 0 aliphatic carbocycles. The van der Waals surface area contributed by atoms with Crippen LogP contribution in [0.25, 0.3) is 32.9 Å². The minimum Gasteiger partial charge on any atom is -0.512 e. The molecule has 0 aliphatic heterocycles. The number of carbonyl (C=O) groups is 1. The van der Waals surface area contributed by atoms with Gasteiger partial charge in [0.05, 0.1) is 5.52 Å². The van der Waals surface area contributed by atoms with Crippen LogP contribution in [0.4, 0.5) is 0 Å². The van der Waals surface area contributed by atoms with Crippen LogP contribution in [0.5, 0.6) is 0 Å². The Kier molecular flexibility index (Phi) is 12.9. The summed E-state index contributed by atoms with van der Waals surface area (Å²) >= 11 is 0. The number of hydrogen-bond donors (Lipinski definition) is 1. The van der Waals surface area contributed by atoms with Gasteiger partial charge in [0.1, 0.15) is 12.1 Å². The molecule has 1 heterocycles. The van der Waals surface area contributed by atoms with Crippen molar-refractivity contribution in [3.8, 4) is 11.3 Å². The maximum atomic E-state index is 12.2. The topological polar surface area (TPSA) is 63.1 Å². The van der Waals surface area contributed by atoms with E-state index in [4.69, 9.17) is 0 Å². The van der Waals surface area contributed by atoms with E-state index < -0.39 is 0 Å². The van der Waals surface area contributed by atoms with Crippen molar-refractivity contribution >= 4 is 27.5 Å². The van der Waals surface area contributed by atoms with E-state index in [2.05, 4.69) is 94.0 Å². The predicted molar refractivity (Wildman–Crippen MR) is 187 cm³/mol. The van der Waals surface area contributed by atoms with Gasteiger partial charge >= 0.3 is 0 Å². The number of aliphatic hydroxyl groups is 1. The van der Waals surface area contributed by atoms with Crippen LogP contribution < -0.4 is 0 Å². The first-order valence-corrected chi connectivity index (χ1v) is 16.2. The van der Waals surface area contributed by atoms with Crippen LogP contribution in [0.15, 0.2) is 54.6 Å². The quantitative estimate of drug-likeness (QED) is 0.0836. The normalized spacial score (nSPS) is 12.5. The largest absolute Gasteiger partial charge is 0.512 e. The summed E-state index contributed by atoms with van der Waals surface area (Å²) in [6.07, 6.45) is 6.44. The van der Waals surface area contributed by atoms with Crippen molar-refractivity contribution in [1.29, 1.82) is 0 Å². The number of ketones is 1. The second kappa shape index (κ2) is 15.1. The van der Waals surface area contributed by atoms with Crippen molar-refractivity contribution < 1.29 is 30.0 Å². The predicted octanol–water partition coefficient (Wildman–Crippen LogP) is 11.1. The number of aryl methyl sites for hydroxylation is 3. The zero-order chi connectivity index (χ0) is 33.0. The third-order valence-electron chi connectivity index (χ3n) is 9.79. The van der Waals surface area contributed by atoms with E-state index in [1.807, 2.05) is 41.5 Å². The van der Waals surface area contributed by atoms with Gasteiger partial charge < -0.3 is 5.11 Å². The second-order valence-corrected chi connectivity index (χ2v) is 14.0. The molecule has 1 N–H and O–H groups in total. The molecule has 0 spiro atoms. The molecular weight excluding hydrogens is 733 g/mol. The van der Waals surface area contributed by atoms with Gasteiger partial charge in [-0.25, -0.2) is 4.98 Å². The van der Waals surface area contributed by atoms with Crippen molar-refractivity contribution in [3.05, 3.63) is 82.9 Å². The Bertz CT molecular complexity index is 1670. The van der Waals surface area contributed by atoms with E-state index in [9.17, 15) is 9.90 Å². The molecule has 0 saturated carbocycles. The van der Waals surface area contributed by atoms with Gasteiger partial charge in [0.15, 0.2) is 5.78 Å². The molecular formula is C40H53IrN2O2-. The molecule has 1 aromatic heterocycles. The summed E-state index contributed by atoms with van der Waals surface area (Å²) in [6.45, 7) is 25.2. The third kappa shape index (κ3) is 8.48. The van der Waals surface area contributed by atoms with E-state index in [0.717, 1.165) is 53.4 Å². The Morgan fingerprint density at radius 1 is 0.844 bits per heavy atom. The number of nitrogens with zero attached hydrogens (tertiary/aromatic N) is 2. The fourth-order valence-corrected chi connectivity index (χ4v) is 5.55. The smallest absolute Gasteiger partial charge is 0.164 e. The molecule has 1 radical (unpaired) electrons. The van der Waals surface area contributed by atoms with Crippen molar-refractivity contribution in [2.75, 3.05) is 0 Å². The minimum atomic E-state index is -0.337. The number of benzene rings is 3. The summed E-state index contributed by atoms with van der Waals surface area (Å²) in [5, 5.41) is 13.7. The van der Waals surface area contributed by atoms with Gasteiger partial charge in [-0.05, 0) is 67.0 Å². The molecule has 3 aromatic carbocycles. The minimum absolute atomic E-state index is 0. The van der Waals surface area contributed by atoms with Crippen LogP contribution in [0.1, 0.15) is 110 Å². The summed E-state index contributed by atoms with van der Waals surface area (Å²) in [5.74, 6) is 0.286. The number of carbonyl (C=O) groups excluding carboxylic acids is 1. The van der Waals surface area contributed by atoms with Crippen LogP contribution in [0, 0.1) is 37.7 Å². The van der Waals surface area contributed by atoms with Gasteiger partial charge in [0, 0.05) is 42.4 Å². The maximum absolute atomic E-state index is 12.2. The fraction of sp³-hybridized carbons (Fsp3) is 0.475. The third-order valence-corrected chi connectivity index (χ3v) is 9.79. The van der Waals surface area contributed by atoms with Crippen molar-refractivity contribution in [3.63, 3.8) is 0 Å². The Labute approximate surface area is 285 Å². The monoisotopic (exact) mass is 786 g/mol. The van der Waals surface area contributed by atoms with E-state index in [0.29, 0.717) is 0 Å². The Hall–Kier alpha value is -2.88. The molecule has 0 amide bonds. The SMILES string of the molecule is CCC(C)(CC)C(=O)/C=C(\O)C(C)(CC)CC.Cc1[c-]c(-c2ncnc3c2ccc2cc(C)cc(C)c23)cc(C(C)(C)C)c1.[Ir]. The van der Waals surface area contributed by atoms with Crippen LogP contribution in [-0.4, -0.2) is 20.9 Å². The fourth-order valence-electron chi connectivity index (χ4n) is 5.55. The number of aromatic nitrogens is 2. The maximum Gasteiger partial charge on any atom is 0.164 e.